The monoisotopic (exact) mass is 281 g/mol. The van der Waals surface area contributed by atoms with E-state index in [4.69, 9.17) is 16.3 Å². The number of aryl methyl sites for hydroxylation is 1. The minimum Gasteiger partial charge on any atom is -0.381 e. The van der Waals surface area contributed by atoms with Gasteiger partial charge in [0.2, 0.25) is 5.91 Å². The molecule has 1 aromatic carbocycles. The Labute approximate surface area is 119 Å². The highest BCUT2D eigenvalue weighted by atomic mass is 35.5. The minimum absolute atomic E-state index is 0.0878. The summed E-state index contributed by atoms with van der Waals surface area (Å²) in [5.41, 5.74) is 1.84. The van der Waals surface area contributed by atoms with Crippen molar-refractivity contribution in [3.8, 4) is 0 Å². The SMILES string of the molecule is COC1CCC(C(=O)Nc2cc(Cl)ccc2C)CC1. The molecule has 1 aromatic rings. The molecule has 0 atom stereocenters. The molecule has 1 N–H and O–H groups in total. The van der Waals surface area contributed by atoms with Gasteiger partial charge in [0.15, 0.2) is 0 Å². The van der Waals surface area contributed by atoms with Crippen LogP contribution in [0.3, 0.4) is 0 Å². The lowest BCUT2D eigenvalue weighted by Crippen LogP contribution is -2.29. The van der Waals surface area contributed by atoms with Gasteiger partial charge in [-0.05, 0) is 50.3 Å². The molecule has 1 aliphatic rings. The average Bonchev–Trinajstić information content (AvgIpc) is 2.43. The van der Waals surface area contributed by atoms with Crippen LogP contribution in [0, 0.1) is 12.8 Å². The lowest BCUT2D eigenvalue weighted by molar-refractivity contribution is -0.121. The van der Waals surface area contributed by atoms with Gasteiger partial charge in [-0.3, -0.25) is 4.79 Å². The van der Waals surface area contributed by atoms with E-state index in [1.54, 1.807) is 13.2 Å². The summed E-state index contributed by atoms with van der Waals surface area (Å²) in [7, 11) is 1.74. The number of amides is 1. The van der Waals surface area contributed by atoms with Crippen molar-refractivity contribution in [1.82, 2.24) is 0 Å². The van der Waals surface area contributed by atoms with Crippen molar-refractivity contribution in [2.45, 2.75) is 38.7 Å². The molecule has 1 saturated carbocycles. The molecule has 0 radical (unpaired) electrons. The molecule has 0 aliphatic heterocycles. The largest absolute Gasteiger partial charge is 0.381 e. The quantitative estimate of drug-likeness (QED) is 0.915. The van der Waals surface area contributed by atoms with Crippen molar-refractivity contribution in [3.05, 3.63) is 28.8 Å². The topological polar surface area (TPSA) is 38.3 Å². The molecule has 0 unspecified atom stereocenters. The number of halogens is 1. The van der Waals surface area contributed by atoms with Crippen LogP contribution in [-0.4, -0.2) is 19.1 Å². The minimum atomic E-state index is 0.0878. The summed E-state index contributed by atoms with van der Waals surface area (Å²) in [6.45, 7) is 1.97. The number of hydrogen-bond donors (Lipinski definition) is 1. The maximum atomic E-state index is 12.2. The first-order valence-corrected chi connectivity index (χ1v) is 7.07. The third kappa shape index (κ3) is 3.71. The van der Waals surface area contributed by atoms with Crippen molar-refractivity contribution in [2.75, 3.05) is 12.4 Å². The van der Waals surface area contributed by atoms with E-state index in [0.29, 0.717) is 11.1 Å². The summed E-state index contributed by atoms with van der Waals surface area (Å²) in [4.78, 5) is 12.2. The molecule has 3 nitrogen and oxygen atoms in total. The van der Waals surface area contributed by atoms with Gasteiger partial charge >= 0.3 is 0 Å². The molecule has 0 aromatic heterocycles. The lowest BCUT2D eigenvalue weighted by Gasteiger charge is -2.26. The summed E-state index contributed by atoms with van der Waals surface area (Å²) in [6.07, 6.45) is 4.03. The van der Waals surface area contributed by atoms with Crippen LogP contribution in [0.4, 0.5) is 5.69 Å². The highest BCUT2D eigenvalue weighted by molar-refractivity contribution is 6.31. The Kier molecular flexibility index (Phi) is 4.83. The van der Waals surface area contributed by atoms with Crippen LogP contribution in [-0.2, 0) is 9.53 Å². The second-order valence-electron chi connectivity index (χ2n) is 5.16. The van der Waals surface area contributed by atoms with Crippen LogP contribution in [0.5, 0.6) is 0 Å². The van der Waals surface area contributed by atoms with Crippen LogP contribution >= 0.6 is 11.6 Å². The van der Waals surface area contributed by atoms with Gasteiger partial charge in [-0.2, -0.15) is 0 Å². The fraction of sp³-hybridized carbons (Fsp3) is 0.533. The summed E-state index contributed by atoms with van der Waals surface area (Å²) in [6, 6.07) is 5.55. The van der Waals surface area contributed by atoms with Gasteiger partial charge in [0, 0.05) is 23.7 Å². The average molecular weight is 282 g/mol. The van der Waals surface area contributed by atoms with E-state index in [9.17, 15) is 4.79 Å². The lowest BCUT2D eigenvalue weighted by atomic mass is 9.86. The molecular formula is C15H20ClNO2. The van der Waals surface area contributed by atoms with Gasteiger partial charge in [-0.25, -0.2) is 0 Å². The van der Waals surface area contributed by atoms with Gasteiger partial charge in [0.05, 0.1) is 6.10 Å². The van der Waals surface area contributed by atoms with Gasteiger partial charge in [0.25, 0.3) is 0 Å². The number of rotatable bonds is 3. The third-order valence-corrected chi connectivity index (χ3v) is 4.07. The van der Waals surface area contributed by atoms with Crippen LogP contribution in [0.25, 0.3) is 0 Å². The number of nitrogens with one attached hydrogen (secondary N) is 1. The van der Waals surface area contributed by atoms with E-state index in [0.717, 1.165) is 36.9 Å². The number of hydrogen-bond acceptors (Lipinski definition) is 2. The van der Waals surface area contributed by atoms with E-state index in [1.165, 1.54) is 0 Å². The maximum absolute atomic E-state index is 12.2. The third-order valence-electron chi connectivity index (χ3n) is 3.84. The maximum Gasteiger partial charge on any atom is 0.227 e. The number of methoxy groups -OCH3 is 1. The van der Waals surface area contributed by atoms with E-state index in [1.807, 2.05) is 19.1 Å². The van der Waals surface area contributed by atoms with Gasteiger partial charge in [0.1, 0.15) is 0 Å². The fourth-order valence-corrected chi connectivity index (χ4v) is 2.70. The van der Waals surface area contributed by atoms with Gasteiger partial charge in [-0.15, -0.1) is 0 Å². The molecule has 2 rings (SSSR count). The Balaban J connectivity index is 1.96. The highest BCUT2D eigenvalue weighted by Crippen LogP contribution is 2.28. The van der Waals surface area contributed by atoms with Crippen molar-refractivity contribution in [2.24, 2.45) is 5.92 Å². The van der Waals surface area contributed by atoms with Crippen molar-refractivity contribution in [1.29, 1.82) is 0 Å². The zero-order chi connectivity index (χ0) is 13.8. The van der Waals surface area contributed by atoms with Crippen molar-refractivity contribution in [3.63, 3.8) is 0 Å². The summed E-state index contributed by atoms with van der Waals surface area (Å²) in [5, 5.41) is 3.63. The predicted octanol–water partition coefficient (Wildman–Crippen LogP) is 3.79. The molecule has 0 bridgehead atoms. The van der Waals surface area contributed by atoms with E-state index >= 15 is 0 Å². The Morgan fingerprint density at radius 2 is 2.00 bits per heavy atom. The van der Waals surface area contributed by atoms with Crippen LogP contribution in [0.15, 0.2) is 18.2 Å². The normalized spacial score (nSPS) is 23.1. The second kappa shape index (κ2) is 6.40. The molecule has 1 aliphatic carbocycles. The summed E-state index contributed by atoms with van der Waals surface area (Å²) < 4.78 is 5.32. The molecule has 104 valence electrons. The van der Waals surface area contributed by atoms with Crippen LogP contribution in [0.2, 0.25) is 5.02 Å². The molecular weight excluding hydrogens is 262 g/mol. The Hall–Kier alpha value is -1.06. The first kappa shape index (κ1) is 14.4. The Bertz CT molecular complexity index is 453. The summed E-state index contributed by atoms with van der Waals surface area (Å²) in [5.74, 6) is 0.185. The van der Waals surface area contributed by atoms with Crippen molar-refractivity contribution < 1.29 is 9.53 Å². The molecule has 0 saturated heterocycles. The number of benzene rings is 1. The van der Waals surface area contributed by atoms with Crippen molar-refractivity contribution >= 4 is 23.2 Å². The fourth-order valence-electron chi connectivity index (χ4n) is 2.52. The first-order chi connectivity index (χ1) is 9.10. The number of carbonyl (C=O) groups excluding carboxylic acids is 1. The predicted molar refractivity (Wildman–Crippen MR) is 77.6 cm³/mol. The summed E-state index contributed by atoms with van der Waals surface area (Å²) >= 11 is 5.96. The van der Waals surface area contributed by atoms with Gasteiger partial charge in [-0.1, -0.05) is 17.7 Å². The molecule has 19 heavy (non-hydrogen) atoms. The Morgan fingerprint density at radius 1 is 1.32 bits per heavy atom. The smallest absolute Gasteiger partial charge is 0.227 e. The van der Waals surface area contributed by atoms with E-state index in [2.05, 4.69) is 5.32 Å². The molecule has 1 amide bonds. The zero-order valence-electron chi connectivity index (χ0n) is 11.4. The van der Waals surface area contributed by atoms with E-state index < -0.39 is 0 Å². The number of ether oxygens (including phenoxy) is 1. The van der Waals surface area contributed by atoms with Crippen LogP contribution in [0.1, 0.15) is 31.2 Å². The number of carbonyl (C=O) groups is 1. The second-order valence-corrected chi connectivity index (χ2v) is 5.59. The Morgan fingerprint density at radius 3 is 2.63 bits per heavy atom. The first-order valence-electron chi connectivity index (χ1n) is 6.70. The van der Waals surface area contributed by atoms with Gasteiger partial charge < -0.3 is 10.1 Å². The highest BCUT2D eigenvalue weighted by Gasteiger charge is 2.26. The zero-order valence-corrected chi connectivity index (χ0v) is 12.2. The van der Waals surface area contributed by atoms with E-state index in [-0.39, 0.29) is 11.8 Å². The number of anilines is 1. The molecule has 1 fully saturated rings. The molecule has 4 heteroatoms. The standard InChI is InChI=1S/C15H20ClNO2/c1-10-3-6-12(16)9-14(10)17-15(18)11-4-7-13(19-2)8-5-11/h3,6,9,11,13H,4-5,7-8H2,1-2H3,(H,17,18). The molecule has 0 spiro atoms. The van der Waals surface area contributed by atoms with Crippen LogP contribution < -0.4 is 5.32 Å². The molecule has 0 heterocycles.